The number of aliphatic imine (C=N–C) groups is 1. The number of ether oxygens (including phenoxy) is 1. The van der Waals surface area contributed by atoms with Gasteiger partial charge in [0.15, 0.2) is 5.96 Å². The summed E-state index contributed by atoms with van der Waals surface area (Å²) in [5.74, 6) is 0.803. The molecule has 7 nitrogen and oxygen atoms in total. The van der Waals surface area contributed by atoms with Crippen LogP contribution in [0.5, 0.6) is 0 Å². The minimum Gasteiger partial charge on any atom is -0.375 e. The summed E-state index contributed by atoms with van der Waals surface area (Å²) in [7, 11) is 0. The number of aromatic nitrogens is 2. The summed E-state index contributed by atoms with van der Waals surface area (Å²) >= 11 is 6.89. The van der Waals surface area contributed by atoms with Crippen LogP contribution in [-0.4, -0.2) is 45.0 Å². The third-order valence-corrected chi connectivity index (χ3v) is 7.61. The molecule has 2 aromatic rings. The fraction of sp³-hybridized carbons (Fsp3) is 0.538. The van der Waals surface area contributed by atoms with E-state index in [9.17, 15) is 4.79 Å². The maximum Gasteiger partial charge on any atom is 0.232 e. The van der Waals surface area contributed by atoms with Crippen molar-refractivity contribution in [2.75, 3.05) is 6.61 Å². The number of hydrogen-bond donors (Lipinski definition) is 1. The van der Waals surface area contributed by atoms with Crippen LogP contribution in [0.25, 0.3) is 0 Å². The number of carbonyl (C=O) groups is 1. The Morgan fingerprint density at radius 1 is 1.18 bits per heavy atom. The van der Waals surface area contributed by atoms with E-state index >= 15 is 0 Å². The second kappa shape index (κ2) is 8.61. The normalized spacial score (nSPS) is 26.9. The molecule has 2 N–H and O–H groups in total. The topological polar surface area (TPSA) is 93.7 Å². The van der Waals surface area contributed by atoms with Crippen LogP contribution in [-0.2, 0) is 21.5 Å². The van der Waals surface area contributed by atoms with E-state index in [4.69, 9.17) is 27.1 Å². The number of nitrogens with two attached hydrogens (primary N) is 1. The smallest absolute Gasteiger partial charge is 0.232 e. The number of benzene rings is 1. The van der Waals surface area contributed by atoms with Gasteiger partial charge in [-0.2, -0.15) is 0 Å². The van der Waals surface area contributed by atoms with Crippen molar-refractivity contribution in [2.45, 2.75) is 82.4 Å². The van der Waals surface area contributed by atoms with E-state index in [1.165, 1.54) is 12.8 Å². The van der Waals surface area contributed by atoms with Crippen LogP contribution in [0.3, 0.4) is 0 Å². The summed E-state index contributed by atoms with van der Waals surface area (Å²) in [6.07, 6.45) is 8.37. The lowest BCUT2D eigenvalue weighted by Crippen LogP contribution is -2.57. The van der Waals surface area contributed by atoms with Gasteiger partial charge in [-0.1, -0.05) is 29.8 Å². The molecule has 2 aliphatic heterocycles. The van der Waals surface area contributed by atoms with Gasteiger partial charge in [-0.15, -0.1) is 0 Å². The number of guanidine groups is 1. The van der Waals surface area contributed by atoms with E-state index in [0.717, 1.165) is 35.4 Å². The van der Waals surface area contributed by atoms with E-state index in [2.05, 4.69) is 9.97 Å². The third-order valence-electron chi connectivity index (χ3n) is 7.16. The lowest BCUT2D eigenvalue weighted by Gasteiger charge is -2.44. The summed E-state index contributed by atoms with van der Waals surface area (Å²) in [6, 6.07) is 5.87. The molecule has 0 unspecified atom stereocenters. The average molecular weight is 482 g/mol. The van der Waals surface area contributed by atoms with Crippen LogP contribution in [0.4, 0.5) is 0 Å². The molecule has 5 rings (SSSR count). The molecular formula is C26H32ClN5O2. The fourth-order valence-corrected chi connectivity index (χ4v) is 5.59. The minimum absolute atomic E-state index is 0.0106. The molecule has 0 bridgehead atoms. The molecule has 3 aliphatic rings. The number of nitrogens with zero attached hydrogens (tertiary/aromatic N) is 4. The van der Waals surface area contributed by atoms with E-state index in [0.29, 0.717) is 24.0 Å². The maximum atomic E-state index is 13.3. The van der Waals surface area contributed by atoms with Gasteiger partial charge < -0.3 is 10.5 Å². The Hall–Kier alpha value is -2.51. The Labute approximate surface area is 205 Å². The molecule has 1 aliphatic carbocycles. The number of rotatable bonds is 5. The van der Waals surface area contributed by atoms with Crippen molar-refractivity contribution in [1.29, 1.82) is 0 Å². The van der Waals surface area contributed by atoms with Gasteiger partial charge in [0.25, 0.3) is 0 Å². The van der Waals surface area contributed by atoms with Gasteiger partial charge in [-0.3, -0.25) is 19.7 Å². The molecular weight excluding hydrogens is 450 g/mol. The van der Waals surface area contributed by atoms with Gasteiger partial charge in [0, 0.05) is 42.4 Å². The van der Waals surface area contributed by atoms with Crippen LogP contribution < -0.4 is 5.73 Å². The number of halogens is 1. The standard InChI is InChI=1S/C26H32ClN5O2/c1-25(2)12-19(9-10-34-25)32-22(33)13-26(3,31-24(32)28)20-6-4-5-17(23(20)27)11-18-14-30-21(15-29-18)16-7-8-16/h4-6,14-16,19H,7-13H2,1-3H3,(H2,28,31)/t19-,26-/m0/s1. The Bertz CT molecular complexity index is 1130. The number of amides is 1. The highest BCUT2D eigenvalue weighted by atomic mass is 35.5. The lowest BCUT2D eigenvalue weighted by molar-refractivity contribution is -0.136. The van der Waals surface area contributed by atoms with Crippen LogP contribution in [0.15, 0.2) is 35.6 Å². The zero-order valence-electron chi connectivity index (χ0n) is 20.1. The molecule has 3 heterocycles. The van der Waals surface area contributed by atoms with Crippen molar-refractivity contribution in [3.05, 3.63) is 58.1 Å². The fourth-order valence-electron chi connectivity index (χ4n) is 5.19. The molecule has 180 valence electrons. The molecule has 2 fully saturated rings. The van der Waals surface area contributed by atoms with Crippen molar-refractivity contribution in [3.63, 3.8) is 0 Å². The van der Waals surface area contributed by atoms with Crippen LogP contribution >= 0.6 is 11.6 Å². The SMILES string of the molecule is CC1(C)C[C@@H](N2C(=O)C[C@@](C)(c3cccc(Cc4cnc(C5CC5)cn4)c3Cl)N=C2N)CCO1. The third kappa shape index (κ3) is 4.56. The molecule has 1 aromatic heterocycles. The first-order valence-electron chi connectivity index (χ1n) is 12.1. The molecule has 1 aromatic carbocycles. The largest absolute Gasteiger partial charge is 0.375 e. The van der Waals surface area contributed by atoms with E-state index < -0.39 is 5.54 Å². The summed E-state index contributed by atoms with van der Waals surface area (Å²) in [6.45, 7) is 6.61. The average Bonchev–Trinajstić information content (AvgIpc) is 3.60. The van der Waals surface area contributed by atoms with Crippen LogP contribution in [0.1, 0.15) is 81.3 Å². The van der Waals surface area contributed by atoms with E-state index in [1.54, 1.807) is 4.90 Å². The van der Waals surface area contributed by atoms with Crippen LogP contribution in [0.2, 0.25) is 5.02 Å². The van der Waals surface area contributed by atoms with Crippen molar-refractivity contribution in [3.8, 4) is 0 Å². The Balaban J connectivity index is 1.39. The molecule has 0 spiro atoms. The Morgan fingerprint density at radius 3 is 2.62 bits per heavy atom. The highest BCUT2D eigenvalue weighted by Gasteiger charge is 2.43. The maximum absolute atomic E-state index is 13.3. The summed E-state index contributed by atoms with van der Waals surface area (Å²) in [5, 5.41) is 0.600. The molecule has 2 atom stereocenters. The second-order valence-electron chi connectivity index (χ2n) is 10.6. The Kier molecular flexibility index (Phi) is 5.89. The first kappa shape index (κ1) is 23.2. The second-order valence-corrected chi connectivity index (χ2v) is 11.0. The highest BCUT2D eigenvalue weighted by molar-refractivity contribution is 6.32. The summed E-state index contributed by atoms with van der Waals surface area (Å²) in [5.41, 5.74) is 8.96. The predicted octanol–water partition coefficient (Wildman–Crippen LogP) is 4.32. The molecule has 0 radical (unpaired) electrons. The van der Waals surface area contributed by atoms with Gasteiger partial charge in [0.05, 0.1) is 28.9 Å². The Morgan fingerprint density at radius 2 is 1.97 bits per heavy atom. The van der Waals surface area contributed by atoms with Gasteiger partial charge in [-0.25, -0.2) is 4.99 Å². The van der Waals surface area contributed by atoms with E-state index in [-0.39, 0.29) is 29.9 Å². The van der Waals surface area contributed by atoms with Crippen molar-refractivity contribution in [1.82, 2.24) is 14.9 Å². The zero-order chi connectivity index (χ0) is 24.1. The minimum atomic E-state index is -0.826. The first-order valence-corrected chi connectivity index (χ1v) is 12.4. The number of hydrogen-bond acceptors (Lipinski definition) is 6. The predicted molar refractivity (Wildman–Crippen MR) is 132 cm³/mol. The highest BCUT2D eigenvalue weighted by Crippen LogP contribution is 2.41. The monoisotopic (exact) mass is 481 g/mol. The molecule has 1 amide bonds. The van der Waals surface area contributed by atoms with Gasteiger partial charge in [0.1, 0.15) is 0 Å². The quantitative estimate of drug-likeness (QED) is 0.686. The van der Waals surface area contributed by atoms with E-state index in [1.807, 2.05) is 51.4 Å². The zero-order valence-corrected chi connectivity index (χ0v) is 20.8. The summed E-state index contributed by atoms with van der Waals surface area (Å²) in [4.78, 5) is 29.0. The number of carbonyl (C=O) groups excluding carboxylic acids is 1. The first-order chi connectivity index (χ1) is 16.2. The van der Waals surface area contributed by atoms with Gasteiger partial charge in [0.2, 0.25) is 5.91 Å². The van der Waals surface area contributed by atoms with Crippen molar-refractivity contribution in [2.24, 2.45) is 10.7 Å². The molecule has 1 saturated carbocycles. The van der Waals surface area contributed by atoms with Crippen molar-refractivity contribution >= 4 is 23.5 Å². The van der Waals surface area contributed by atoms with Gasteiger partial charge in [-0.05, 0) is 57.6 Å². The summed E-state index contributed by atoms with van der Waals surface area (Å²) < 4.78 is 5.82. The van der Waals surface area contributed by atoms with Crippen LogP contribution in [0, 0.1) is 0 Å². The molecule has 8 heteroatoms. The lowest BCUT2D eigenvalue weighted by atomic mass is 9.85. The molecule has 34 heavy (non-hydrogen) atoms. The molecule has 1 saturated heterocycles. The van der Waals surface area contributed by atoms with Gasteiger partial charge >= 0.3 is 0 Å². The van der Waals surface area contributed by atoms with Crippen molar-refractivity contribution < 1.29 is 9.53 Å².